The van der Waals surface area contributed by atoms with Crippen LogP contribution in [0.2, 0.25) is 0 Å². The Morgan fingerprint density at radius 1 is 1.03 bits per heavy atom. The number of guanidine groups is 1. The molecule has 6 nitrogen and oxygen atoms in total. The number of aliphatic imine (C=N–C) groups is 1. The summed E-state index contributed by atoms with van der Waals surface area (Å²) < 4.78 is 43.3. The minimum Gasteiger partial charge on any atom is -0.305 e. The summed E-state index contributed by atoms with van der Waals surface area (Å²) in [5, 5.41) is 0. The fourth-order valence-electron chi connectivity index (χ4n) is 4.50. The first-order chi connectivity index (χ1) is 16.3. The number of aromatic nitrogens is 2. The molecular formula is C25H24F3N5O. The number of imidazole rings is 1. The van der Waals surface area contributed by atoms with Gasteiger partial charge in [0.25, 0.3) is 5.91 Å². The summed E-state index contributed by atoms with van der Waals surface area (Å²) in [6, 6.07) is 9.07. The smallest absolute Gasteiger partial charge is 0.283 e. The lowest BCUT2D eigenvalue weighted by molar-refractivity contribution is 0.0841. The molecule has 0 unspecified atom stereocenters. The third-order valence-electron chi connectivity index (χ3n) is 6.23. The van der Waals surface area contributed by atoms with Gasteiger partial charge in [-0.3, -0.25) is 14.6 Å². The highest BCUT2D eigenvalue weighted by Gasteiger charge is 2.44. The van der Waals surface area contributed by atoms with E-state index in [-0.39, 0.29) is 30.1 Å². The van der Waals surface area contributed by atoms with Crippen LogP contribution in [-0.4, -0.2) is 45.4 Å². The minimum absolute atomic E-state index is 0.0213. The van der Waals surface area contributed by atoms with Crippen molar-refractivity contribution >= 4 is 17.7 Å². The van der Waals surface area contributed by atoms with E-state index in [1.54, 1.807) is 21.6 Å². The third-order valence-corrected chi connectivity index (χ3v) is 6.23. The van der Waals surface area contributed by atoms with Crippen LogP contribution in [0.4, 0.5) is 19.0 Å². The van der Waals surface area contributed by atoms with E-state index >= 15 is 0 Å². The van der Waals surface area contributed by atoms with Crippen LogP contribution in [0.1, 0.15) is 36.8 Å². The van der Waals surface area contributed by atoms with E-state index in [1.807, 2.05) is 11.8 Å². The van der Waals surface area contributed by atoms with Gasteiger partial charge in [0.05, 0.1) is 19.1 Å². The SMILES string of the molecule is CCN1C(=O)c2nc(-c3ccc(F)cc3)n(Cc3cc(F)cc(F)c3)c2N2C[C@@H](C(C)C)N=C12. The highest BCUT2D eigenvalue weighted by atomic mass is 19.1. The first kappa shape index (κ1) is 22.2. The second-order valence-corrected chi connectivity index (χ2v) is 8.88. The van der Waals surface area contributed by atoms with Gasteiger partial charge in [0.1, 0.15) is 29.1 Å². The van der Waals surface area contributed by atoms with Gasteiger partial charge in [0.15, 0.2) is 5.69 Å². The quantitative estimate of drug-likeness (QED) is 0.547. The lowest BCUT2D eigenvalue weighted by atomic mass is 10.1. The number of benzene rings is 2. The van der Waals surface area contributed by atoms with Crippen molar-refractivity contribution in [2.45, 2.75) is 33.4 Å². The van der Waals surface area contributed by atoms with Gasteiger partial charge in [-0.15, -0.1) is 0 Å². The molecule has 0 N–H and O–H groups in total. The lowest BCUT2D eigenvalue weighted by Crippen LogP contribution is -2.50. The van der Waals surface area contributed by atoms with Crippen molar-refractivity contribution in [1.29, 1.82) is 0 Å². The molecule has 3 aromatic rings. The van der Waals surface area contributed by atoms with Gasteiger partial charge < -0.3 is 4.57 Å². The summed E-state index contributed by atoms with van der Waals surface area (Å²) >= 11 is 0. The number of halogens is 3. The molecule has 2 aromatic carbocycles. The van der Waals surface area contributed by atoms with Crippen molar-refractivity contribution in [2.24, 2.45) is 10.9 Å². The average molecular weight is 467 g/mol. The molecule has 5 rings (SSSR count). The zero-order valence-electron chi connectivity index (χ0n) is 19.1. The number of hydrogen-bond acceptors (Lipinski definition) is 4. The van der Waals surface area contributed by atoms with Crippen molar-refractivity contribution in [3.05, 3.63) is 71.2 Å². The maximum atomic E-state index is 14.0. The second kappa shape index (κ2) is 8.30. The molecule has 0 spiro atoms. The molecular weight excluding hydrogens is 443 g/mol. The molecule has 0 saturated heterocycles. The summed E-state index contributed by atoms with van der Waals surface area (Å²) in [6.45, 7) is 7.06. The number of hydrogen-bond donors (Lipinski definition) is 0. The normalized spacial score (nSPS) is 17.3. The molecule has 0 saturated carbocycles. The van der Waals surface area contributed by atoms with E-state index in [1.165, 1.54) is 24.3 Å². The fourth-order valence-corrected chi connectivity index (χ4v) is 4.50. The monoisotopic (exact) mass is 467 g/mol. The van der Waals surface area contributed by atoms with E-state index in [0.717, 1.165) is 6.07 Å². The van der Waals surface area contributed by atoms with Crippen LogP contribution in [0.3, 0.4) is 0 Å². The number of nitrogens with zero attached hydrogens (tertiary/aromatic N) is 5. The molecule has 176 valence electrons. The van der Waals surface area contributed by atoms with Crippen LogP contribution in [0.25, 0.3) is 11.4 Å². The molecule has 0 radical (unpaired) electrons. The van der Waals surface area contributed by atoms with Gasteiger partial charge in [-0.05, 0) is 54.8 Å². The zero-order valence-corrected chi connectivity index (χ0v) is 19.1. The maximum absolute atomic E-state index is 14.0. The van der Waals surface area contributed by atoms with Crippen LogP contribution < -0.4 is 4.90 Å². The zero-order chi connectivity index (χ0) is 24.1. The summed E-state index contributed by atoms with van der Waals surface area (Å²) in [5.41, 5.74) is 1.20. The Morgan fingerprint density at radius 2 is 1.71 bits per heavy atom. The van der Waals surface area contributed by atoms with Crippen molar-refractivity contribution in [2.75, 3.05) is 18.0 Å². The first-order valence-electron chi connectivity index (χ1n) is 11.3. The minimum atomic E-state index is -0.691. The summed E-state index contributed by atoms with van der Waals surface area (Å²) in [4.78, 5) is 26.5. The van der Waals surface area contributed by atoms with Crippen molar-refractivity contribution in [1.82, 2.24) is 14.5 Å². The molecule has 0 fully saturated rings. The Balaban J connectivity index is 1.72. The largest absolute Gasteiger partial charge is 0.305 e. The molecule has 0 bridgehead atoms. The highest BCUT2D eigenvalue weighted by molar-refractivity contribution is 6.18. The standard InChI is InChI=1S/C25H24F3N5O/c1-4-31-24(34)21-23(33-13-20(14(2)3)29-25(31)33)32(12-15-9-18(27)11-19(28)10-15)22(30-21)16-5-7-17(26)8-6-16/h5-11,14,20H,4,12-13H2,1-3H3/t20-/m0/s1. The van der Waals surface area contributed by atoms with E-state index < -0.39 is 17.5 Å². The Hall–Kier alpha value is -3.62. The molecule has 1 aromatic heterocycles. The molecule has 1 amide bonds. The van der Waals surface area contributed by atoms with Crippen LogP contribution in [0, 0.1) is 23.4 Å². The predicted octanol–water partition coefficient (Wildman–Crippen LogP) is 4.69. The van der Waals surface area contributed by atoms with Crippen molar-refractivity contribution in [3.8, 4) is 11.4 Å². The second-order valence-electron chi connectivity index (χ2n) is 8.88. The van der Waals surface area contributed by atoms with Crippen LogP contribution in [0.5, 0.6) is 0 Å². The van der Waals surface area contributed by atoms with Gasteiger partial charge in [-0.2, -0.15) is 0 Å². The summed E-state index contributed by atoms with van der Waals surface area (Å²) in [5.74, 6) is -0.330. The van der Waals surface area contributed by atoms with Gasteiger partial charge in [-0.1, -0.05) is 13.8 Å². The first-order valence-corrected chi connectivity index (χ1v) is 11.3. The number of fused-ring (bicyclic) bond motifs is 3. The number of amides is 1. The van der Waals surface area contributed by atoms with E-state index in [2.05, 4.69) is 18.8 Å². The van der Waals surface area contributed by atoms with Crippen molar-refractivity contribution < 1.29 is 18.0 Å². The topological polar surface area (TPSA) is 53.7 Å². The van der Waals surface area contributed by atoms with Crippen molar-refractivity contribution in [3.63, 3.8) is 0 Å². The van der Waals surface area contributed by atoms with Crippen LogP contribution in [-0.2, 0) is 6.54 Å². The molecule has 1 atom stereocenters. The van der Waals surface area contributed by atoms with Gasteiger partial charge >= 0.3 is 0 Å². The number of carbonyl (C=O) groups excluding carboxylic acids is 1. The number of anilines is 1. The van der Waals surface area contributed by atoms with E-state index in [9.17, 15) is 18.0 Å². The highest BCUT2D eigenvalue weighted by Crippen LogP contribution is 2.37. The van der Waals surface area contributed by atoms with E-state index in [4.69, 9.17) is 4.99 Å². The van der Waals surface area contributed by atoms with Crippen LogP contribution >= 0.6 is 0 Å². The molecule has 2 aliphatic rings. The summed E-state index contributed by atoms with van der Waals surface area (Å²) in [6.07, 6.45) is 0. The van der Waals surface area contributed by atoms with Gasteiger partial charge in [0, 0.05) is 18.2 Å². The lowest BCUT2D eigenvalue weighted by Gasteiger charge is -2.33. The van der Waals surface area contributed by atoms with Gasteiger partial charge in [0.2, 0.25) is 5.96 Å². The fraction of sp³-hybridized carbons (Fsp3) is 0.320. The predicted molar refractivity (Wildman–Crippen MR) is 123 cm³/mol. The van der Waals surface area contributed by atoms with E-state index in [0.29, 0.717) is 41.8 Å². The number of carbonyl (C=O) groups is 1. The number of rotatable bonds is 5. The van der Waals surface area contributed by atoms with Gasteiger partial charge in [-0.25, -0.2) is 23.1 Å². The third kappa shape index (κ3) is 3.65. The Kier molecular flexibility index (Phi) is 5.42. The molecule has 2 aliphatic heterocycles. The van der Waals surface area contributed by atoms with Crippen LogP contribution in [0.15, 0.2) is 47.5 Å². The molecule has 34 heavy (non-hydrogen) atoms. The Bertz CT molecular complexity index is 1280. The Labute approximate surface area is 195 Å². The Morgan fingerprint density at radius 3 is 2.32 bits per heavy atom. The summed E-state index contributed by atoms with van der Waals surface area (Å²) in [7, 11) is 0. The maximum Gasteiger partial charge on any atom is 0.283 e. The molecule has 9 heteroatoms. The molecule has 0 aliphatic carbocycles. The molecule has 3 heterocycles. The average Bonchev–Trinajstić information content (AvgIpc) is 3.37.